The van der Waals surface area contributed by atoms with Crippen LogP contribution < -0.4 is 20.2 Å². The molecule has 9 aromatic carbocycles. The van der Waals surface area contributed by atoms with E-state index in [-0.39, 0.29) is 10.8 Å². The third-order valence-corrected chi connectivity index (χ3v) is 18.3. The Bertz CT molecular complexity index is 3160. The van der Waals surface area contributed by atoms with Gasteiger partial charge < -0.3 is 14.4 Å². The summed E-state index contributed by atoms with van der Waals surface area (Å²) in [4.78, 5) is 4.98. The number of benzene rings is 9. The van der Waals surface area contributed by atoms with Crippen molar-refractivity contribution in [3.8, 4) is 5.69 Å². The molecule has 1 heterocycles. The SMILES string of the molecule is CC(C)(C)c1ccc(N(c2ccc([Si](C)(C)C)cc2)c2cc3c(c4ccccc24)c2c4ccccc4c(N(c4ccc(C(C)(C)C)cc4)c4ccc([Si](C)(C)C)cc4)cc2n3-c2ccccc2)cc1. The largest absolute Gasteiger partial charge is 0.310 e. The van der Waals surface area contributed by atoms with Gasteiger partial charge in [0.25, 0.3) is 0 Å². The fourth-order valence-electron chi connectivity index (χ4n) is 10.2. The average Bonchev–Trinajstić information content (AvgIpc) is 3.66. The molecule has 0 bridgehead atoms. The lowest BCUT2D eigenvalue weighted by Gasteiger charge is -2.29. The van der Waals surface area contributed by atoms with Crippen LogP contribution in [-0.2, 0) is 10.8 Å². The summed E-state index contributed by atoms with van der Waals surface area (Å²) in [6.07, 6.45) is 0. The molecular weight excluding hydrogens is 867 g/mol. The van der Waals surface area contributed by atoms with Gasteiger partial charge >= 0.3 is 0 Å². The van der Waals surface area contributed by atoms with E-state index in [1.165, 1.54) is 64.9 Å². The lowest BCUT2D eigenvalue weighted by atomic mass is 9.87. The van der Waals surface area contributed by atoms with Crippen LogP contribution in [0.15, 0.2) is 188 Å². The van der Waals surface area contributed by atoms with Gasteiger partial charge in [-0.3, -0.25) is 0 Å². The molecule has 0 saturated heterocycles. The second kappa shape index (κ2) is 17.1. The van der Waals surface area contributed by atoms with Crippen LogP contribution in [0.2, 0.25) is 39.3 Å². The minimum Gasteiger partial charge on any atom is -0.310 e. The van der Waals surface area contributed by atoms with E-state index in [9.17, 15) is 0 Å². The number of fused-ring (bicyclic) bond motifs is 7. The first kappa shape index (κ1) is 46.1. The Labute approximate surface area is 412 Å². The van der Waals surface area contributed by atoms with Crippen LogP contribution in [-0.4, -0.2) is 20.7 Å². The molecule has 0 fully saturated rings. The lowest BCUT2D eigenvalue weighted by Crippen LogP contribution is -2.37. The minimum atomic E-state index is -1.55. The molecule has 1 aromatic heterocycles. The standard InChI is InChI=1S/C64H67N3Si2/c1-63(2,3)44-26-30-47(31-27-44)65(49-34-38-51(39-35-49)68(7,8)9)57-42-59-61(55-24-18-16-22-53(55)57)62-56-25-19-17-23-54(56)58(43-60(62)67(59)46-20-14-13-15-21-46)66(48-32-28-45(29-33-48)64(4,5)6)50-36-40-52(41-37-50)69(10,11)12/h13-43H,1-12H3. The molecule has 10 rings (SSSR count). The Morgan fingerprint density at radius 2 is 0.652 bits per heavy atom. The Morgan fingerprint density at radius 1 is 0.348 bits per heavy atom. The molecule has 0 unspecified atom stereocenters. The summed E-state index contributed by atoms with van der Waals surface area (Å²) >= 11 is 0. The summed E-state index contributed by atoms with van der Waals surface area (Å²) in [7, 11) is -3.09. The van der Waals surface area contributed by atoms with Gasteiger partial charge in [0, 0.05) is 50.0 Å². The molecule has 10 aromatic rings. The van der Waals surface area contributed by atoms with E-state index in [4.69, 9.17) is 0 Å². The van der Waals surface area contributed by atoms with Crippen molar-refractivity contribution in [1.82, 2.24) is 4.57 Å². The molecule has 0 spiro atoms. The van der Waals surface area contributed by atoms with E-state index in [0.29, 0.717) is 0 Å². The van der Waals surface area contributed by atoms with E-state index in [0.717, 1.165) is 39.8 Å². The van der Waals surface area contributed by atoms with Gasteiger partial charge in [-0.1, -0.05) is 206 Å². The third-order valence-electron chi connectivity index (χ3n) is 14.2. The zero-order chi connectivity index (χ0) is 48.6. The number of aromatic nitrogens is 1. The zero-order valence-electron chi connectivity index (χ0n) is 42.7. The van der Waals surface area contributed by atoms with Gasteiger partial charge in [0.15, 0.2) is 0 Å². The number of anilines is 6. The van der Waals surface area contributed by atoms with Crippen LogP contribution in [0.5, 0.6) is 0 Å². The van der Waals surface area contributed by atoms with Gasteiger partial charge in [0.2, 0.25) is 0 Å². The fraction of sp³-hybridized carbons (Fsp3) is 0.219. The second-order valence-electron chi connectivity index (χ2n) is 23.2. The molecule has 5 heteroatoms. The first-order valence-electron chi connectivity index (χ1n) is 24.8. The highest BCUT2D eigenvalue weighted by Gasteiger charge is 2.27. The van der Waals surface area contributed by atoms with E-state index in [2.05, 4.69) is 283 Å². The first-order chi connectivity index (χ1) is 32.8. The maximum atomic E-state index is 2.53. The summed E-state index contributed by atoms with van der Waals surface area (Å²) in [6.45, 7) is 28.3. The lowest BCUT2D eigenvalue weighted by molar-refractivity contribution is 0.590. The summed E-state index contributed by atoms with van der Waals surface area (Å²) < 4.78 is 2.53. The van der Waals surface area contributed by atoms with Gasteiger partial charge in [0.05, 0.1) is 38.6 Å². The van der Waals surface area contributed by atoms with E-state index in [1.807, 2.05) is 0 Å². The van der Waals surface area contributed by atoms with Crippen LogP contribution >= 0.6 is 0 Å². The molecule has 0 saturated carbocycles. The number of hydrogen-bond donors (Lipinski definition) is 0. The Hall–Kier alpha value is -6.67. The molecule has 0 aliphatic rings. The Morgan fingerprint density at radius 3 is 0.971 bits per heavy atom. The van der Waals surface area contributed by atoms with Crippen LogP contribution in [0.25, 0.3) is 49.0 Å². The Balaban J connectivity index is 1.32. The highest BCUT2D eigenvalue weighted by Crippen LogP contribution is 2.50. The second-order valence-corrected chi connectivity index (χ2v) is 33.4. The molecule has 346 valence electrons. The van der Waals surface area contributed by atoms with Crippen molar-refractivity contribution in [2.75, 3.05) is 9.80 Å². The summed E-state index contributed by atoms with van der Waals surface area (Å²) in [5, 5.41) is 10.3. The zero-order valence-corrected chi connectivity index (χ0v) is 44.7. The predicted octanol–water partition coefficient (Wildman–Crippen LogP) is 17.7. The molecule has 0 aliphatic carbocycles. The van der Waals surface area contributed by atoms with Gasteiger partial charge in [-0.05, 0) is 106 Å². The monoisotopic (exact) mass is 933 g/mol. The molecule has 0 radical (unpaired) electrons. The van der Waals surface area contributed by atoms with Gasteiger partial charge in [-0.2, -0.15) is 0 Å². The smallest absolute Gasteiger partial charge is 0.0775 e. The minimum absolute atomic E-state index is 0.0368. The molecule has 0 N–H and O–H groups in total. The van der Waals surface area contributed by atoms with Crippen molar-refractivity contribution in [1.29, 1.82) is 0 Å². The van der Waals surface area contributed by atoms with Gasteiger partial charge in [-0.25, -0.2) is 0 Å². The van der Waals surface area contributed by atoms with Crippen LogP contribution in [0.4, 0.5) is 34.1 Å². The van der Waals surface area contributed by atoms with Crippen molar-refractivity contribution in [2.45, 2.75) is 91.7 Å². The van der Waals surface area contributed by atoms with E-state index >= 15 is 0 Å². The average molecular weight is 934 g/mol. The van der Waals surface area contributed by atoms with Crippen LogP contribution in [0, 0.1) is 0 Å². The quantitative estimate of drug-likeness (QED) is 0.134. The molecule has 0 atom stereocenters. The summed E-state index contributed by atoms with van der Waals surface area (Å²) in [5.74, 6) is 0. The summed E-state index contributed by atoms with van der Waals surface area (Å²) in [6, 6.07) is 71.5. The Kier molecular flexibility index (Phi) is 11.4. The highest BCUT2D eigenvalue weighted by atomic mass is 28.3. The van der Waals surface area contributed by atoms with Gasteiger partial charge in [0.1, 0.15) is 0 Å². The van der Waals surface area contributed by atoms with Crippen LogP contribution in [0.1, 0.15) is 52.7 Å². The normalized spacial score (nSPS) is 12.6. The molecular formula is C64H67N3Si2. The highest BCUT2D eigenvalue weighted by molar-refractivity contribution is 6.89. The number of nitrogens with zero attached hydrogens (tertiary/aromatic N) is 3. The maximum absolute atomic E-state index is 2.53. The molecule has 0 aliphatic heterocycles. The van der Waals surface area contributed by atoms with E-state index < -0.39 is 16.1 Å². The van der Waals surface area contributed by atoms with Gasteiger partial charge in [-0.15, -0.1) is 0 Å². The van der Waals surface area contributed by atoms with Crippen molar-refractivity contribution in [3.63, 3.8) is 0 Å². The number of para-hydroxylation sites is 1. The van der Waals surface area contributed by atoms with Crippen molar-refractivity contribution >= 4 is 104 Å². The number of rotatable bonds is 9. The fourth-order valence-corrected chi connectivity index (χ4v) is 12.5. The predicted molar refractivity (Wildman–Crippen MR) is 309 cm³/mol. The van der Waals surface area contributed by atoms with Crippen LogP contribution in [0.3, 0.4) is 0 Å². The molecule has 0 amide bonds. The number of hydrogen-bond acceptors (Lipinski definition) is 2. The topological polar surface area (TPSA) is 11.4 Å². The summed E-state index contributed by atoms with van der Waals surface area (Å²) in [5.41, 5.74) is 13.0. The van der Waals surface area contributed by atoms with E-state index in [1.54, 1.807) is 0 Å². The maximum Gasteiger partial charge on any atom is 0.0775 e. The molecule has 3 nitrogen and oxygen atoms in total. The van der Waals surface area contributed by atoms with Crippen molar-refractivity contribution in [2.24, 2.45) is 0 Å². The van der Waals surface area contributed by atoms with Crippen molar-refractivity contribution in [3.05, 3.63) is 199 Å². The molecule has 69 heavy (non-hydrogen) atoms. The van der Waals surface area contributed by atoms with Crippen molar-refractivity contribution < 1.29 is 0 Å². The third kappa shape index (κ3) is 8.51. The first-order valence-corrected chi connectivity index (χ1v) is 31.8.